The normalized spacial score (nSPS) is 17.8. The van der Waals surface area contributed by atoms with E-state index in [0.29, 0.717) is 43.0 Å². The summed E-state index contributed by atoms with van der Waals surface area (Å²) >= 11 is 0. The summed E-state index contributed by atoms with van der Waals surface area (Å²) in [6, 6.07) is 18.9. The first-order chi connectivity index (χ1) is 22.5. The highest BCUT2D eigenvalue weighted by atomic mass is 19.4. The van der Waals surface area contributed by atoms with Gasteiger partial charge in [0.1, 0.15) is 11.2 Å². The fraction of sp³-hybridized carbons (Fsp3) is 0.405. The molecule has 4 rings (SSSR count). The first-order valence-electron chi connectivity index (χ1n) is 15.8. The zero-order valence-corrected chi connectivity index (χ0v) is 27.4. The smallest absolute Gasteiger partial charge is 0.417 e. The van der Waals surface area contributed by atoms with Gasteiger partial charge in [0.25, 0.3) is 5.91 Å². The molecule has 0 aromatic heterocycles. The van der Waals surface area contributed by atoms with Crippen molar-refractivity contribution in [1.29, 1.82) is 5.26 Å². The number of rotatable bonds is 9. The van der Waals surface area contributed by atoms with E-state index in [-0.39, 0.29) is 36.3 Å². The van der Waals surface area contributed by atoms with Gasteiger partial charge in [-0.05, 0) is 105 Å². The number of carbonyl (C=O) groups is 3. The number of ether oxygens (including phenoxy) is 1. The van der Waals surface area contributed by atoms with Crippen LogP contribution in [0, 0.1) is 23.2 Å². The Morgan fingerprint density at radius 1 is 0.896 bits per heavy atom. The molecule has 3 aromatic carbocycles. The van der Waals surface area contributed by atoms with E-state index in [9.17, 15) is 37.9 Å². The third kappa shape index (κ3) is 9.44. The van der Waals surface area contributed by atoms with E-state index in [4.69, 9.17) is 4.74 Å². The number of hydrogen-bond donors (Lipinski definition) is 3. The number of halogens is 3. The highest BCUT2D eigenvalue weighted by Gasteiger charge is 2.46. The van der Waals surface area contributed by atoms with Crippen LogP contribution in [0.25, 0.3) is 11.1 Å². The molecule has 0 radical (unpaired) electrons. The fourth-order valence-electron chi connectivity index (χ4n) is 6.19. The van der Waals surface area contributed by atoms with Gasteiger partial charge >= 0.3 is 12.1 Å². The van der Waals surface area contributed by atoms with Gasteiger partial charge in [-0.3, -0.25) is 14.4 Å². The maximum Gasteiger partial charge on any atom is 0.417 e. The second kappa shape index (κ2) is 14.6. The van der Waals surface area contributed by atoms with Gasteiger partial charge in [-0.2, -0.15) is 18.4 Å². The van der Waals surface area contributed by atoms with E-state index in [1.165, 1.54) is 19.1 Å². The Hall–Kier alpha value is -4.69. The van der Waals surface area contributed by atoms with Crippen molar-refractivity contribution in [2.24, 2.45) is 11.8 Å². The van der Waals surface area contributed by atoms with Crippen molar-refractivity contribution in [3.8, 4) is 17.2 Å². The molecule has 1 aliphatic carbocycles. The minimum Gasteiger partial charge on any atom is -0.460 e. The largest absolute Gasteiger partial charge is 0.460 e. The molecule has 1 unspecified atom stereocenters. The summed E-state index contributed by atoms with van der Waals surface area (Å²) in [7, 11) is 0. The molecule has 1 atom stereocenters. The Kier molecular flexibility index (Phi) is 11.0. The van der Waals surface area contributed by atoms with E-state index < -0.39 is 40.3 Å². The summed E-state index contributed by atoms with van der Waals surface area (Å²) in [5.41, 5.74) is -1.71. The molecule has 11 heteroatoms. The Morgan fingerprint density at radius 2 is 1.54 bits per heavy atom. The first-order valence-corrected chi connectivity index (χ1v) is 15.8. The standard InChI is InChI=1S/C37H40F3N3O5/c1-23(44)42-30-15-10-26(11-16-30)27-7-5-6-25(18-27)21-36(47,29-13-8-24(9-14-29)19-33(45)48-35(2,3)4)34(46)43-31-17-12-28(22-41)32(20-31)37(38,39)40/h5-7,10-12,15-18,20,24,29,47H,8-9,13-14,19,21H2,1-4H3,(H,42,44)(H,43,46). The van der Waals surface area contributed by atoms with Crippen molar-refractivity contribution in [3.63, 3.8) is 0 Å². The van der Waals surface area contributed by atoms with Crippen molar-refractivity contribution < 1.29 is 37.4 Å². The van der Waals surface area contributed by atoms with Crippen molar-refractivity contribution in [3.05, 3.63) is 83.4 Å². The lowest BCUT2D eigenvalue weighted by Gasteiger charge is -2.39. The molecule has 1 fully saturated rings. The highest BCUT2D eigenvalue weighted by Crippen LogP contribution is 2.40. The minimum absolute atomic E-state index is 0.0000671. The van der Waals surface area contributed by atoms with Crippen molar-refractivity contribution in [2.45, 2.75) is 83.6 Å². The highest BCUT2D eigenvalue weighted by molar-refractivity contribution is 5.98. The number of anilines is 2. The van der Waals surface area contributed by atoms with Crippen LogP contribution in [0.2, 0.25) is 0 Å². The van der Waals surface area contributed by atoms with Crippen LogP contribution in [0.1, 0.15) is 76.5 Å². The van der Waals surface area contributed by atoms with E-state index in [2.05, 4.69) is 10.6 Å². The Labute approximate surface area is 278 Å². The average molecular weight is 664 g/mol. The van der Waals surface area contributed by atoms with Gasteiger partial charge in [0.15, 0.2) is 0 Å². The van der Waals surface area contributed by atoms with Crippen LogP contribution in [0.3, 0.4) is 0 Å². The molecular formula is C37H40F3N3O5. The molecular weight excluding hydrogens is 623 g/mol. The van der Waals surface area contributed by atoms with Crippen LogP contribution >= 0.6 is 0 Å². The van der Waals surface area contributed by atoms with Crippen molar-refractivity contribution >= 4 is 29.2 Å². The molecule has 2 amide bonds. The SMILES string of the molecule is CC(=O)Nc1ccc(-c2cccc(CC(O)(C(=O)Nc3ccc(C#N)c(C(F)(F)F)c3)C3CCC(CC(=O)OC(C)(C)C)CC3)c2)cc1. The monoisotopic (exact) mass is 663 g/mol. The van der Waals surface area contributed by atoms with Crippen molar-refractivity contribution in [1.82, 2.24) is 0 Å². The lowest BCUT2D eigenvalue weighted by Crippen LogP contribution is -2.52. The van der Waals surface area contributed by atoms with Gasteiger partial charge in [-0.15, -0.1) is 0 Å². The van der Waals surface area contributed by atoms with Crippen LogP contribution in [0.5, 0.6) is 0 Å². The third-order valence-corrected chi connectivity index (χ3v) is 8.43. The third-order valence-electron chi connectivity index (χ3n) is 8.43. The molecule has 0 saturated heterocycles. The summed E-state index contributed by atoms with van der Waals surface area (Å²) in [4.78, 5) is 37.8. The second-order valence-corrected chi connectivity index (χ2v) is 13.4. The summed E-state index contributed by atoms with van der Waals surface area (Å²) in [6.45, 7) is 6.80. The number of nitrogens with one attached hydrogen (secondary N) is 2. The maximum atomic E-state index is 13.9. The molecule has 8 nitrogen and oxygen atoms in total. The summed E-state index contributed by atoms with van der Waals surface area (Å²) in [5, 5.41) is 26.6. The Bertz CT molecular complexity index is 1680. The molecule has 254 valence electrons. The summed E-state index contributed by atoms with van der Waals surface area (Å²) < 4.78 is 46.5. The number of aliphatic hydroxyl groups is 1. The van der Waals surface area contributed by atoms with E-state index in [0.717, 1.165) is 17.2 Å². The number of nitriles is 1. The molecule has 48 heavy (non-hydrogen) atoms. The second-order valence-electron chi connectivity index (χ2n) is 13.4. The number of esters is 1. The average Bonchev–Trinajstić information content (AvgIpc) is 3.00. The van der Waals surface area contributed by atoms with Gasteiger partial charge in [0.2, 0.25) is 5.91 Å². The Balaban J connectivity index is 1.61. The van der Waals surface area contributed by atoms with Gasteiger partial charge in [-0.1, -0.05) is 36.4 Å². The molecule has 0 heterocycles. The number of nitrogens with zero attached hydrogens (tertiary/aromatic N) is 1. The zero-order chi connectivity index (χ0) is 35.3. The molecule has 0 spiro atoms. The summed E-state index contributed by atoms with van der Waals surface area (Å²) in [6.07, 6.45) is -2.82. The molecule has 3 aromatic rings. The molecule has 3 N–H and O–H groups in total. The number of benzene rings is 3. The number of alkyl halides is 3. The number of amides is 2. The van der Waals surface area contributed by atoms with Crippen LogP contribution in [-0.4, -0.2) is 34.1 Å². The summed E-state index contributed by atoms with van der Waals surface area (Å²) in [5.74, 6) is -1.94. The van der Waals surface area contributed by atoms with E-state index in [1.807, 2.05) is 24.3 Å². The van der Waals surface area contributed by atoms with Crippen molar-refractivity contribution in [2.75, 3.05) is 10.6 Å². The predicted molar refractivity (Wildman–Crippen MR) is 176 cm³/mol. The quantitative estimate of drug-likeness (QED) is 0.202. The van der Waals surface area contributed by atoms with Gasteiger partial charge in [0.05, 0.1) is 17.2 Å². The topological polar surface area (TPSA) is 129 Å². The lowest BCUT2D eigenvalue weighted by molar-refractivity contribution is -0.157. The zero-order valence-electron chi connectivity index (χ0n) is 27.4. The Morgan fingerprint density at radius 3 is 2.12 bits per heavy atom. The lowest BCUT2D eigenvalue weighted by atomic mass is 9.70. The van der Waals surface area contributed by atoms with E-state index in [1.54, 1.807) is 45.0 Å². The van der Waals surface area contributed by atoms with E-state index >= 15 is 0 Å². The van der Waals surface area contributed by atoms with Crippen LogP contribution < -0.4 is 10.6 Å². The number of hydrogen-bond acceptors (Lipinski definition) is 6. The fourth-order valence-corrected chi connectivity index (χ4v) is 6.19. The van der Waals surface area contributed by atoms with Crippen LogP contribution in [-0.2, 0) is 31.7 Å². The molecule has 1 saturated carbocycles. The van der Waals surface area contributed by atoms with Gasteiger partial charge < -0.3 is 20.5 Å². The first kappa shape index (κ1) is 36.2. The van der Waals surface area contributed by atoms with Gasteiger partial charge in [-0.25, -0.2) is 0 Å². The predicted octanol–water partition coefficient (Wildman–Crippen LogP) is 7.65. The van der Waals surface area contributed by atoms with Crippen LogP contribution in [0.4, 0.5) is 24.5 Å². The van der Waals surface area contributed by atoms with Crippen LogP contribution in [0.15, 0.2) is 66.7 Å². The minimum atomic E-state index is -4.82. The molecule has 1 aliphatic rings. The number of carbonyl (C=O) groups excluding carboxylic acids is 3. The molecule has 0 aliphatic heterocycles. The molecule has 0 bridgehead atoms. The van der Waals surface area contributed by atoms with Gasteiger partial charge in [0, 0.05) is 31.1 Å². The maximum absolute atomic E-state index is 13.9.